The van der Waals surface area contributed by atoms with E-state index in [-0.39, 0.29) is 6.04 Å². The monoisotopic (exact) mass is 296 g/mol. The molecule has 1 saturated heterocycles. The lowest BCUT2D eigenvalue weighted by atomic mass is 9.96. The number of halogens is 2. The Bertz CT molecular complexity index is 456. The van der Waals surface area contributed by atoms with Crippen LogP contribution in [0.1, 0.15) is 45.2 Å². The van der Waals surface area contributed by atoms with Crippen molar-refractivity contribution in [3.63, 3.8) is 0 Å². The molecule has 1 fully saturated rings. The molecule has 2 unspecified atom stereocenters. The van der Waals surface area contributed by atoms with E-state index in [1.165, 1.54) is 18.9 Å². The van der Waals surface area contributed by atoms with Crippen molar-refractivity contribution in [1.29, 1.82) is 0 Å². The van der Waals surface area contributed by atoms with Crippen LogP contribution in [0.5, 0.6) is 0 Å². The van der Waals surface area contributed by atoms with Crippen molar-refractivity contribution in [2.75, 3.05) is 19.6 Å². The van der Waals surface area contributed by atoms with Crippen LogP contribution in [-0.4, -0.2) is 30.6 Å². The molecule has 0 aromatic heterocycles. The highest BCUT2D eigenvalue weighted by Gasteiger charge is 2.25. The van der Waals surface area contributed by atoms with Crippen molar-refractivity contribution in [2.24, 2.45) is 5.92 Å². The van der Waals surface area contributed by atoms with Gasteiger partial charge in [-0.25, -0.2) is 8.78 Å². The fourth-order valence-corrected chi connectivity index (χ4v) is 3.21. The lowest BCUT2D eigenvalue weighted by molar-refractivity contribution is 0.124. The molecule has 118 valence electrons. The lowest BCUT2D eigenvalue weighted by Gasteiger charge is -2.37. The molecular formula is C17H26F2N2. The van der Waals surface area contributed by atoms with Crippen molar-refractivity contribution < 1.29 is 8.78 Å². The molecule has 0 amide bonds. The van der Waals surface area contributed by atoms with Gasteiger partial charge in [0.1, 0.15) is 11.6 Å². The molecular weight excluding hydrogens is 270 g/mol. The molecule has 2 rings (SSSR count). The number of benzene rings is 1. The number of piperidine rings is 1. The molecule has 0 spiro atoms. The second-order valence-electron chi connectivity index (χ2n) is 6.34. The lowest BCUT2D eigenvalue weighted by Crippen LogP contribution is -2.42. The Morgan fingerprint density at radius 1 is 1.29 bits per heavy atom. The Morgan fingerprint density at radius 2 is 2.05 bits per heavy atom. The standard InChI is InChI=1S/C17H26F2N2/c1-12(2)21(11-14-5-4-8-20-10-14)13(3)16-7-6-15(18)9-17(16)19/h6-7,9,12-14,20H,4-5,8,10-11H2,1-3H3. The summed E-state index contributed by atoms with van der Waals surface area (Å²) >= 11 is 0. The maximum absolute atomic E-state index is 14.0. The first-order chi connectivity index (χ1) is 9.99. The maximum atomic E-state index is 14.0. The molecule has 2 atom stereocenters. The van der Waals surface area contributed by atoms with Crippen LogP contribution in [0.4, 0.5) is 8.78 Å². The summed E-state index contributed by atoms with van der Waals surface area (Å²) in [4.78, 5) is 2.31. The van der Waals surface area contributed by atoms with Crippen molar-refractivity contribution >= 4 is 0 Å². The SMILES string of the molecule is CC(C)N(CC1CCCNC1)C(C)c1ccc(F)cc1F. The van der Waals surface area contributed by atoms with E-state index in [0.29, 0.717) is 17.5 Å². The van der Waals surface area contributed by atoms with Gasteiger partial charge in [-0.15, -0.1) is 0 Å². The molecule has 0 saturated carbocycles. The predicted octanol–water partition coefficient (Wildman–Crippen LogP) is 3.74. The van der Waals surface area contributed by atoms with E-state index in [2.05, 4.69) is 24.1 Å². The van der Waals surface area contributed by atoms with Crippen LogP contribution >= 0.6 is 0 Å². The number of hydrogen-bond donors (Lipinski definition) is 1. The Hall–Kier alpha value is -1.00. The van der Waals surface area contributed by atoms with E-state index >= 15 is 0 Å². The quantitative estimate of drug-likeness (QED) is 0.890. The van der Waals surface area contributed by atoms with Gasteiger partial charge in [0.15, 0.2) is 0 Å². The third-order valence-electron chi connectivity index (χ3n) is 4.44. The van der Waals surface area contributed by atoms with Crippen LogP contribution in [0.15, 0.2) is 18.2 Å². The Kier molecular flexibility index (Phi) is 5.71. The minimum absolute atomic E-state index is 0.0486. The van der Waals surface area contributed by atoms with E-state index in [1.54, 1.807) is 6.07 Å². The molecule has 1 heterocycles. The summed E-state index contributed by atoms with van der Waals surface area (Å²) in [6.07, 6.45) is 2.42. The number of rotatable bonds is 5. The molecule has 1 aromatic rings. The first kappa shape index (κ1) is 16.4. The zero-order valence-corrected chi connectivity index (χ0v) is 13.2. The predicted molar refractivity (Wildman–Crippen MR) is 82.2 cm³/mol. The van der Waals surface area contributed by atoms with Gasteiger partial charge in [0, 0.05) is 30.3 Å². The summed E-state index contributed by atoms with van der Waals surface area (Å²) < 4.78 is 27.1. The van der Waals surface area contributed by atoms with Crippen LogP contribution in [0.25, 0.3) is 0 Å². The summed E-state index contributed by atoms with van der Waals surface area (Å²) in [6.45, 7) is 9.35. The van der Waals surface area contributed by atoms with Gasteiger partial charge in [0.25, 0.3) is 0 Å². The third kappa shape index (κ3) is 4.24. The second-order valence-corrected chi connectivity index (χ2v) is 6.34. The number of hydrogen-bond acceptors (Lipinski definition) is 2. The highest BCUT2D eigenvalue weighted by atomic mass is 19.1. The second kappa shape index (κ2) is 7.32. The highest BCUT2D eigenvalue weighted by Crippen LogP contribution is 2.27. The average molecular weight is 296 g/mol. The van der Waals surface area contributed by atoms with E-state index in [9.17, 15) is 8.78 Å². The molecule has 2 nitrogen and oxygen atoms in total. The average Bonchev–Trinajstić information content (AvgIpc) is 2.45. The molecule has 21 heavy (non-hydrogen) atoms. The molecule has 1 aliphatic heterocycles. The minimum atomic E-state index is -0.518. The number of nitrogens with one attached hydrogen (secondary N) is 1. The normalized spacial score (nSPS) is 21.0. The summed E-state index contributed by atoms with van der Waals surface area (Å²) in [5.41, 5.74) is 0.578. The zero-order chi connectivity index (χ0) is 15.4. The van der Waals surface area contributed by atoms with Gasteiger partial charge in [0.05, 0.1) is 0 Å². The first-order valence-electron chi connectivity index (χ1n) is 7.90. The molecule has 1 aromatic carbocycles. The third-order valence-corrected chi connectivity index (χ3v) is 4.44. The molecule has 0 aliphatic carbocycles. The van der Waals surface area contributed by atoms with Gasteiger partial charge in [0.2, 0.25) is 0 Å². The van der Waals surface area contributed by atoms with Crippen molar-refractivity contribution in [1.82, 2.24) is 10.2 Å². The van der Waals surface area contributed by atoms with Crippen LogP contribution in [0, 0.1) is 17.6 Å². The van der Waals surface area contributed by atoms with E-state index in [4.69, 9.17) is 0 Å². The molecule has 4 heteroatoms. The molecule has 0 bridgehead atoms. The van der Waals surface area contributed by atoms with Crippen LogP contribution < -0.4 is 5.32 Å². The zero-order valence-electron chi connectivity index (χ0n) is 13.2. The minimum Gasteiger partial charge on any atom is -0.316 e. The maximum Gasteiger partial charge on any atom is 0.130 e. The van der Waals surface area contributed by atoms with Crippen LogP contribution in [0.3, 0.4) is 0 Å². The Labute approximate surface area is 126 Å². The van der Waals surface area contributed by atoms with Crippen molar-refractivity contribution in [3.8, 4) is 0 Å². The fraction of sp³-hybridized carbons (Fsp3) is 0.647. The van der Waals surface area contributed by atoms with Gasteiger partial charge in [-0.1, -0.05) is 6.07 Å². The van der Waals surface area contributed by atoms with Crippen LogP contribution in [0.2, 0.25) is 0 Å². The number of nitrogens with zero attached hydrogens (tertiary/aromatic N) is 1. The first-order valence-corrected chi connectivity index (χ1v) is 7.90. The molecule has 0 radical (unpaired) electrons. The molecule has 1 N–H and O–H groups in total. The van der Waals surface area contributed by atoms with Crippen molar-refractivity contribution in [3.05, 3.63) is 35.4 Å². The summed E-state index contributed by atoms with van der Waals surface area (Å²) in [5.74, 6) is -0.363. The van der Waals surface area contributed by atoms with Gasteiger partial charge in [-0.2, -0.15) is 0 Å². The van der Waals surface area contributed by atoms with Gasteiger partial charge < -0.3 is 5.32 Å². The van der Waals surface area contributed by atoms with E-state index in [1.807, 2.05) is 6.92 Å². The topological polar surface area (TPSA) is 15.3 Å². The summed E-state index contributed by atoms with van der Waals surface area (Å²) in [5, 5.41) is 3.43. The highest BCUT2D eigenvalue weighted by molar-refractivity contribution is 5.22. The van der Waals surface area contributed by atoms with Gasteiger partial charge in [-0.3, -0.25) is 4.90 Å². The fourth-order valence-electron chi connectivity index (χ4n) is 3.21. The van der Waals surface area contributed by atoms with Crippen molar-refractivity contribution in [2.45, 2.75) is 45.7 Å². The van der Waals surface area contributed by atoms with E-state index < -0.39 is 11.6 Å². The van der Waals surface area contributed by atoms with Gasteiger partial charge in [-0.05, 0) is 58.7 Å². The summed E-state index contributed by atoms with van der Waals surface area (Å²) in [6, 6.07) is 4.17. The Morgan fingerprint density at radius 3 is 2.62 bits per heavy atom. The van der Waals surface area contributed by atoms with E-state index in [0.717, 1.165) is 25.7 Å². The smallest absolute Gasteiger partial charge is 0.130 e. The summed E-state index contributed by atoms with van der Waals surface area (Å²) in [7, 11) is 0. The molecule has 1 aliphatic rings. The largest absolute Gasteiger partial charge is 0.316 e. The van der Waals surface area contributed by atoms with Crippen LogP contribution in [-0.2, 0) is 0 Å². The Balaban J connectivity index is 2.12. The van der Waals surface area contributed by atoms with Gasteiger partial charge >= 0.3 is 0 Å².